The summed E-state index contributed by atoms with van der Waals surface area (Å²) in [5, 5.41) is 24.2. The lowest BCUT2D eigenvalue weighted by Gasteiger charge is -2.13. The molecule has 0 aliphatic rings. The van der Waals surface area contributed by atoms with E-state index in [1.54, 1.807) is 6.07 Å². The van der Waals surface area contributed by atoms with Crippen molar-refractivity contribution in [3.8, 4) is 0 Å². The number of aliphatic hydroxyl groups excluding tert-OH is 1. The number of benzene rings is 2. The molecule has 3 rings (SSSR count). The van der Waals surface area contributed by atoms with Gasteiger partial charge in [0.1, 0.15) is 0 Å². The van der Waals surface area contributed by atoms with Gasteiger partial charge in [-0.15, -0.1) is 0 Å². The molecule has 2 aromatic carbocycles. The van der Waals surface area contributed by atoms with Crippen LogP contribution in [0.4, 0.5) is 0 Å². The van der Waals surface area contributed by atoms with Crippen LogP contribution >= 0.6 is 0 Å². The fourth-order valence-electron chi connectivity index (χ4n) is 2.28. The molecule has 1 N–H and O–H groups in total. The van der Waals surface area contributed by atoms with Crippen LogP contribution in [0.15, 0.2) is 66.9 Å². The van der Waals surface area contributed by atoms with Crippen LogP contribution in [0, 0.1) is 5.21 Å². The normalized spacial score (nSPS) is 12.5. The summed E-state index contributed by atoms with van der Waals surface area (Å²) in [6.07, 6.45) is 0.508. The minimum absolute atomic E-state index is 0.365. The Bertz CT molecular complexity index is 710. The predicted molar refractivity (Wildman–Crippen MR) is 73.4 cm³/mol. The van der Waals surface area contributed by atoms with Crippen molar-refractivity contribution >= 4 is 10.8 Å². The van der Waals surface area contributed by atoms with Crippen molar-refractivity contribution in [2.24, 2.45) is 0 Å². The zero-order valence-corrected chi connectivity index (χ0v) is 10.2. The van der Waals surface area contributed by atoms with Gasteiger partial charge in [0, 0.05) is 6.07 Å². The molecule has 0 aliphatic heterocycles. The number of hydrogen-bond donors (Lipinski definition) is 1. The molecule has 3 aromatic rings. The van der Waals surface area contributed by atoms with Gasteiger partial charge in [0.15, 0.2) is 12.3 Å². The smallest absolute Gasteiger partial charge is 0.233 e. The summed E-state index contributed by atoms with van der Waals surface area (Å²) in [6, 6.07) is 18.5. The van der Waals surface area contributed by atoms with Crippen LogP contribution in [0.3, 0.4) is 0 Å². The monoisotopic (exact) mass is 251 g/mol. The molecule has 0 spiro atoms. The fraction of sp³-hybridized carbons (Fsp3) is 0.0625. The van der Waals surface area contributed by atoms with E-state index in [9.17, 15) is 10.3 Å². The topological polar surface area (TPSA) is 47.2 Å². The highest BCUT2D eigenvalue weighted by Crippen LogP contribution is 2.25. The van der Waals surface area contributed by atoms with E-state index < -0.39 is 6.10 Å². The Morgan fingerprint density at radius 1 is 0.895 bits per heavy atom. The van der Waals surface area contributed by atoms with Crippen molar-refractivity contribution in [2.45, 2.75) is 6.10 Å². The van der Waals surface area contributed by atoms with Gasteiger partial charge in [-0.3, -0.25) is 0 Å². The molecule has 3 nitrogen and oxygen atoms in total. The molecule has 94 valence electrons. The van der Waals surface area contributed by atoms with E-state index in [-0.39, 0.29) is 0 Å². The maximum atomic E-state index is 12.0. The molecule has 0 amide bonds. The van der Waals surface area contributed by atoms with Crippen molar-refractivity contribution in [1.29, 1.82) is 0 Å². The van der Waals surface area contributed by atoms with Crippen LogP contribution in [-0.4, -0.2) is 5.11 Å². The number of rotatable bonds is 2. The molecule has 0 bridgehead atoms. The summed E-state index contributed by atoms with van der Waals surface area (Å²) in [6.45, 7) is 0. The second-order valence-corrected chi connectivity index (χ2v) is 4.43. The van der Waals surface area contributed by atoms with E-state index >= 15 is 0 Å². The SMILES string of the molecule is [O-][n+]1ccc2ccccc2c1C(O)c1ccccc1. The first-order valence-corrected chi connectivity index (χ1v) is 6.11. The van der Waals surface area contributed by atoms with E-state index in [4.69, 9.17) is 0 Å². The lowest BCUT2D eigenvalue weighted by Crippen LogP contribution is -2.33. The molecule has 19 heavy (non-hydrogen) atoms. The first-order valence-electron chi connectivity index (χ1n) is 6.11. The third-order valence-electron chi connectivity index (χ3n) is 3.24. The number of aromatic nitrogens is 1. The highest BCUT2D eigenvalue weighted by Gasteiger charge is 2.22. The van der Waals surface area contributed by atoms with Crippen LogP contribution in [0.5, 0.6) is 0 Å². The van der Waals surface area contributed by atoms with Gasteiger partial charge in [-0.25, -0.2) is 0 Å². The van der Waals surface area contributed by atoms with Gasteiger partial charge < -0.3 is 10.3 Å². The van der Waals surface area contributed by atoms with Crippen LogP contribution in [0.1, 0.15) is 17.4 Å². The minimum Gasteiger partial charge on any atom is -0.618 e. The summed E-state index contributed by atoms with van der Waals surface area (Å²) < 4.78 is 0.736. The molecule has 1 atom stereocenters. The van der Waals surface area contributed by atoms with Crippen LogP contribution in [0.2, 0.25) is 0 Å². The number of nitrogens with zero attached hydrogens (tertiary/aromatic N) is 1. The van der Waals surface area contributed by atoms with Crippen LogP contribution < -0.4 is 4.73 Å². The summed E-state index contributed by atoms with van der Waals surface area (Å²) in [7, 11) is 0. The van der Waals surface area contributed by atoms with E-state index in [1.807, 2.05) is 54.6 Å². The largest absolute Gasteiger partial charge is 0.618 e. The fourth-order valence-corrected chi connectivity index (χ4v) is 2.28. The Labute approximate surface area is 111 Å². The molecule has 1 heterocycles. The number of aliphatic hydroxyl groups is 1. The molecule has 0 saturated heterocycles. The first-order chi connectivity index (χ1) is 9.27. The zero-order valence-electron chi connectivity index (χ0n) is 10.2. The van der Waals surface area contributed by atoms with Crippen LogP contribution in [-0.2, 0) is 0 Å². The van der Waals surface area contributed by atoms with Gasteiger partial charge in [-0.05, 0) is 17.0 Å². The van der Waals surface area contributed by atoms with Crippen molar-refractivity contribution in [3.63, 3.8) is 0 Å². The highest BCUT2D eigenvalue weighted by atomic mass is 16.5. The summed E-state index contributed by atoms with van der Waals surface area (Å²) in [5.41, 5.74) is 1.08. The number of hydrogen-bond acceptors (Lipinski definition) is 2. The van der Waals surface area contributed by atoms with Crippen molar-refractivity contribution in [3.05, 3.63) is 83.3 Å². The second kappa shape index (κ2) is 4.71. The molecule has 0 radical (unpaired) electrons. The molecular weight excluding hydrogens is 238 g/mol. The lowest BCUT2D eigenvalue weighted by atomic mass is 10.0. The van der Waals surface area contributed by atoms with Gasteiger partial charge in [0.05, 0.1) is 5.39 Å². The van der Waals surface area contributed by atoms with E-state index in [2.05, 4.69) is 0 Å². The van der Waals surface area contributed by atoms with Crippen molar-refractivity contribution in [1.82, 2.24) is 0 Å². The predicted octanol–water partition coefficient (Wildman–Crippen LogP) is 2.55. The van der Waals surface area contributed by atoms with Gasteiger partial charge >= 0.3 is 0 Å². The molecule has 3 heteroatoms. The Kier molecular flexibility index (Phi) is 2.89. The lowest BCUT2D eigenvalue weighted by molar-refractivity contribution is -0.616. The molecule has 1 aromatic heterocycles. The van der Waals surface area contributed by atoms with E-state index in [1.165, 1.54) is 6.20 Å². The average Bonchev–Trinajstić information content (AvgIpc) is 2.47. The highest BCUT2D eigenvalue weighted by molar-refractivity contribution is 5.83. The minimum atomic E-state index is -0.926. The maximum absolute atomic E-state index is 12.0. The molecule has 0 fully saturated rings. The zero-order chi connectivity index (χ0) is 13.2. The van der Waals surface area contributed by atoms with Gasteiger partial charge in [0.25, 0.3) is 0 Å². The Morgan fingerprint density at radius 3 is 2.37 bits per heavy atom. The van der Waals surface area contributed by atoms with Gasteiger partial charge in [-0.1, -0.05) is 48.5 Å². The second-order valence-electron chi connectivity index (χ2n) is 4.43. The van der Waals surface area contributed by atoms with Gasteiger partial charge in [0.2, 0.25) is 5.69 Å². The third-order valence-corrected chi connectivity index (χ3v) is 3.24. The average molecular weight is 251 g/mol. The summed E-state index contributed by atoms with van der Waals surface area (Å²) >= 11 is 0. The Hall–Kier alpha value is -2.39. The van der Waals surface area contributed by atoms with Crippen LogP contribution in [0.25, 0.3) is 10.8 Å². The molecule has 1 unspecified atom stereocenters. The van der Waals surface area contributed by atoms with E-state index in [0.717, 1.165) is 15.5 Å². The molecule has 0 saturated carbocycles. The number of pyridine rings is 1. The summed E-state index contributed by atoms with van der Waals surface area (Å²) in [4.78, 5) is 0. The van der Waals surface area contributed by atoms with Crippen molar-refractivity contribution in [2.75, 3.05) is 0 Å². The van der Waals surface area contributed by atoms with E-state index in [0.29, 0.717) is 11.3 Å². The standard InChI is InChI=1S/C16H13NO2/c18-16(13-7-2-1-3-8-13)15-14-9-5-4-6-12(14)10-11-17(15)19/h1-11,16,18H. The molecular formula is C16H13NO2. The number of fused-ring (bicyclic) bond motifs is 1. The third kappa shape index (κ3) is 2.04. The Morgan fingerprint density at radius 2 is 1.58 bits per heavy atom. The van der Waals surface area contributed by atoms with Gasteiger partial charge in [-0.2, -0.15) is 4.73 Å². The Balaban J connectivity index is 2.22. The van der Waals surface area contributed by atoms with Crippen molar-refractivity contribution < 1.29 is 9.84 Å². The first kappa shape index (κ1) is 11.7. The quantitative estimate of drug-likeness (QED) is 0.562. The maximum Gasteiger partial charge on any atom is 0.233 e. The molecule has 0 aliphatic carbocycles. The summed E-state index contributed by atoms with van der Waals surface area (Å²) in [5.74, 6) is 0.